The summed E-state index contributed by atoms with van der Waals surface area (Å²) in [5, 5.41) is 0.867. The average Bonchev–Trinajstić information content (AvgIpc) is 2.76. The minimum Gasteiger partial charge on any atom is -0.479 e. The Kier molecular flexibility index (Phi) is 8.57. The standard InChI is InChI=1S/C24H27Cl2FN2O4/c1-15-13-28(8-9-29(15)23(30)11-17-4-5-20(26)12-21(17)27)14-18-10-19(25)6-7-22(18)33-16(2)24(31)32-3/h4-7,10,12,15-16H,8-9,11,13-14H2,1-3H3/t15-,16-/m0/s1. The van der Waals surface area contributed by atoms with Crippen LogP contribution in [0.4, 0.5) is 4.39 Å². The van der Waals surface area contributed by atoms with Crippen LogP contribution in [0.1, 0.15) is 25.0 Å². The van der Waals surface area contributed by atoms with E-state index >= 15 is 0 Å². The van der Waals surface area contributed by atoms with E-state index in [9.17, 15) is 14.0 Å². The van der Waals surface area contributed by atoms with Crippen LogP contribution in [0.3, 0.4) is 0 Å². The number of halogens is 3. The van der Waals surface area contributed by atoms with Crippen LogP contribution in [-0.2, 0) is 27.3 Å². The molecule has 0 radical (unpaired) electrons. The SMILES string of the molecule is COC(=O)[C@H](C)Oc1ccc(Cl)cc1CN1CCN(C(=O)Cc2ccc(Cl)cc2F)[C@@H](C)C1. The minimum absolute atomic E-state index is 0.00889. The molecule has 0 bridgehead atoms. The molecule has 0 spiro atoms. The maximum Gasteiger partial charge on any atom is 0.346 e. The van der Waals surface area contributed by atoms with Gasteiger partial charge in [-0.25, -0.2) is 9.18 Å². The summed E-state index contributed by atoms with van der Waals surface area (Å²) in [6.45, 7) is 5.93. The average molecular weight is 497 g/mol. The number of carbonyl (C=O) groups is 2. The smallest absolute Gasteiger partial charge is 0.346 e. The van der Waals surface area contributed by atoms with Crippen LogP contribution in [0.5, 0.6) is 5.75 Å². The fourth-order valence-electron chi connectivity index (χ4n) is 3.91. The quantitative estimate of drug-likeness (QED) is 0.533. The molecule has 3 rings (SSSR count). The van der Waals surface area contributed by atoms with Gasteiger partial charge in [-0.05, 0) is 49.7 Å². The van der Waals surface area contributed by atoms with Crippen LogP contribution in [0, 0.1) is 5.82 Å². The molecule has 1 aliphatic heterocycles. The summed E-state index contributed by atoms with van der Waals surface area (Å²) in [7, 11) is 1.31. The highest BCUT2D eigenvalue weighted by atomic mass is 35.5. The third-order valence-corrected chi connectivity index (χ3v) is 6.11. The van der Waals surface area contributed by atoms with E-state index in [0.29, 0.717) is 47.5 Å². The number of amides is 1. The van der Waals surface area contributed by atoms with E-state index in [1.807, 2.05) is 13.0 Å². The lowest BCUT2D eigenvalue weighted by molar-refractivity contribution is -0.147. The maximum absolute atomic E-state index is 14.1. The third kappa shape index (κ3) is 6.59. The first-order chi connectivity index (χ1) is 15.7. The second-order valence-electron chi connectivity index (χ2n) is 8.12. The number of esters is 1. The maximum atomic E-state index is 14.1. The third-order valence-electron chi connectivity index (χ3n) is 5.64. The molecule has 2 atom stereocenters. The van der Waals surface area contributed by atoms with E-state index in [1.165, 1.54) is 13.2 Å². The molecule has 6 nitrogen and oxygen atoms in total. The molecule has 1 fully saturated rings. The largest absolute Gasteiger partial charge is 0.479 e. The predicted molar refractivity (Wildman–Crippen MR) is 125 cm³/mol. The summed E-state index contributed by atoms with van der Waals surface area (Å²) in [6.07, 6.45) is -0.762. The molecule has 1 heterocycles. The Bertz CT molecular complexity index is 1020. The van der Waals surface area contributed by atoms with Crippen molar-refractivity contribution in [2.45, 2.75) is 39.0 Å². The molecule has 2 aromatic carbocycles. The van der Waals surface area contributed by atoms with Crippen molar-refractivity contribution in [3.8, 4) is 5.75 Å². The predicted octanol–water partition coefficient (Wildman–Crippen LogP) is 4.35. The fourth-order valence-corrected chi connectivity index (χ4v) is 4.26. The van der Waals surface area contributed by atoms with Gasteiger partial charge in [0.2, 0.25) is 5.91 Å². The number of rotatable bonds is 7. The summed E-state index contributed by atoms with van der Waals surface area (Å²) >= 11 is 12.0. The Hall–Kier alpha value is -2.35. The minimum atomic E-state index is -0.753. The van der Waals surface area contributed by atoms with Crippen LogP contribution in [0.2, 0.25) is 10.0 Å². The first kappa shape index (κ1) is 25.3. The summed E-state index contributed by atoms with van der Waals surface area (Å²) in [5.41, 5.74) is 1.17. The van der Waals surface area contributed by atoms with E-state index in [4.69, 9.17) is 32.7 Å². The van der Waals surface area contributed by atoms with Crippen LogP contribution < -0.4 is 4.74 Å². The molecule has 0 unspecified atom stereocenters. The molecule has 178 valence electrons. The number of piperazine rings is 1. The molecular weight excluding hydrogens is 470 g/mol. The number of hydrogen-bond acceptors (Lipinski definition) is 5. The second-order valence-corrected chi connectivity index (χ2v) is 8.99. The van der Waals surface area contributed by atoms with Gasteiger partial charge in [-0.3, -0.25) is 9.69 Å². The summed E-state index contributed by atoms with van der Waals surface area (Å²) in [4.78, 5) is 28.5. The first-order valence-electron chi connectivity index (χ1n) is 10.7. The number of benzene rings is 2. The molecular formula is C24H27Cl2FN2O4. The Labute approximate surface area is 203 Å². The monoisotopic (exact) mass is 496 g/mol. The molecule has 0 saturated carbocycles. The van der Waals surface area contributed by atoms with Crippen molar-refractivity contribution >= 4 is 35.1 Å². The number of ether oxygens (including phenoxy) is 2. The zero-order chi connectivity index (χ0) is 24.1. The van der Waals surface area contributed by atoms with Gasteiger partial charge in [0.1, 0.15) is 11.6 Å². The van der Waals surface area contributed by atoms with Crippen molar-refractivity contribution in [2.75, 3.05) is 26.7 Å². The normalized spacial score (nSPS) is 17.5. The molecule has 0 aliphatic carbocycles. The highest BCUT2D eigenvalue weighted by Gasteiger charge is 2.28. The van der Waals surface area contributed by atoms with Crippen molar-refractivity contribution in [3.63, 3.8) is 0 Å². The molecule has 33 heavy (non-hydrogen) atoms. The van der Waals surface area contributed by atoms with Gasteiger partial charge >= 0.3 is 5.97 Å². The Morgan fingerprint density at radius 2 is 1.82 bits per heavy atom. The van der Waals surface area contributed by atoms with Crippen LogP contribution in [-0.4, -0.2) is 60.6 Å². The first-order valence-corrected chi connectivity index (χ1v) is 11.4. The zero-order valence-electron chi connectivity index (χ0n) is 18.8. The van der Waals surface area contributed by atoms with Crippen LogP contribution >= 0.6 is 23.2 Å². The zero-order valence-corrected chi connectivity index (χ0v) is 20.3. The number of methoxy groups -OCH3 is 1. The number of carbonyl (C=O) groups excluding carboxylic acids is 2. The molecule has 1 amide bonds. The van der Waals surface area contributed by atoms with E-state index in [-0.39, 0.29) is 18.4 Å². The molecule has 1 saturated heterocycles. The van der Waals surface area contributed by atoms with Crippen molar-refractivity contribution < 1.29 is 23.5 Å². The Morgan fingerprint density at radius 3 is 2.48 bits per heavy atom. The summed E-state index contributed by atoms with van der Waals surface area (Å²) < 4.78 is 24.6. The fraction of sp³-hybridized carbons (Fsp3) is 0.417. The Balaban J connectivity index is 1.63. The van der Waals surface area contributed by atoms with E-state index in [1.54, 1.807) is 36.1 Å². The van der Waals surface area contributed by atoms with Crippen LogP contribution in [0.25, 0.3) is 0 Å². The highest BCUT2D eigenvalue weighted by molar-refractivity contribution is 6.30. The Morgan fingerprint density at radius 1 is 1.12 bits per heavy atom. The van der Waals surface area contributed by atoms with Crippen molar-refractivity contribution in [1.82, 2.24) is 9.80 Å². The molecule has 9 heteroatoms. The number of nitrogens with zero attached hydrogens (tertiary/aromatic N) is 2. The van der Waals surface area contributed by atoms with E-state index in [2.05, 4.69) is 4.90 Å². The van der Waals surface area contributed by atoms with Gasteiger partial charge < -0.3 is 14.4 Å². The van der Waals surface area contributed by atoms with Gasteiger partial charge in [0, 0.05) is 47.8 Å². The molecule has 1 aliphatic rings. The second kappa shape index (κ2) is 11.2. The molecule has 2 aromatic rings. The topological polar surface area (TPSA) is 59.1 Å². The number of hydrogen-bond donors (Lipinski definition) is 0. The lowest BCUT2D eigenvalue weighted by atomic mass is 10.1. The van der Waals surface area contributed by atoms with Crippen molar-refractivity contribution in [3.05, 3.63) is 63.4 Å². The van der Waals surface area contributed by atoms with Gasteiger partial charge in [-0.2, -0.15) is 0 Å². The van der Waals surface area contributed by atoms with Gasteiger partial charge in [-0.1, -0.05) is 29.3 Å². The van der Waals surface area contributed by atoms with Crippen LogP contribution in [0.15, 0.2) is 36.4 Å². The van der Waals surface area contributed by atoms with Crippen molar-refractivity contribution in [1.29, 1.82) is 0 Å². The summed E-state index contributed by atoms with van der Waals surface area (Å²) in [5.74, 6) is -0.505. The highest BCUT2D eigenvalue weighted by Crippen LogP contribution is 2.27. The molecule has 0 aromatic heterocycles. The van der Waals surface area contributed by atoms with E-state index < -0.39 is 17.9 Å². The van der Waals surface area contributed by atoms with Gasteiger partial charge in [-0.15, -0.1) is 0 Å². The van der Waals surface area contributed by atoms with Gasteiger partial charge in [0.15, 0.2) is 6.10 Å². The lowest BCUT2D eigenvalue weighted by Gasteiger charge is -2.40. The summed E-state index contributed by atoms with van der Waals surface area (Å²) in [6, 6.07) is 9.55. The van der Waals surface area contributed by atoms with Gasteiger partial charge in [0.25, 0.3) is 0 Å². The lowest BCUT2D eigenvalue weighted by Crippen LogP contribution is -2.54. The molecule has 0 N–H and O–H groups in total. The van der Waals surface area contributed by atoms with E-state index in [0.717, 1.165) is 5.56 Å². The van der Waals surface area contributed by atoms with Crippen molar-refractivity contribution in [2.24, 2.45) is 0 Å². The van der Waals surface area contributed by atoms with Gasteiger partial charge in [0.05, 0.1) is 13.5 Å².